The summed E-state index contributed by atoms with van der Waals surface area (Å²) in [6, 6.07) is 8.90. The highest BCUT2D eigenvalue weighted by Crippen LogP contribution is 2.17. The maximum atomic E-state index is 12.5. The molecule has 3 N–H and O–H groups in total. The zero-order chi connectivity index (χ0) is 29.4. The Labute approximate surface area is 231 Å². The van der Waals surface area contributed by atoms with E-state index in [-0.39, 0.29) is 42.1 Å². The summed E-state index contributed by atoms with van der Waals surface area (Å²) >= 11 is 0. The maximum Gasteiger partial charge on any atom is 0.306 e. The Morgan fingerprint density at radius 2 is 1.61 bits per heavy atom. The number of nitrogens with one attached hydrogen (secondary N) is 1. The summed E-state index contributed by atoms with van der Waals surface area (Å²) in [4.78, 5) is 36.5. The van der Waals surface area contributed by atoms with Gasteiger partial charge in [0.15, 0.2) is 5.78 Å². The van der Waals surface area contributed by atoms with Gasteiger partial charge in [0, 0.05) is 18.9 Å². The molecule has 0 spiro atoms. The molecule has 0 saturated carbocycles. The number of hydrogen-bond donors (Lipinski definition) is 2. The minimum absolute atomic E-state index is 0.00165. The Kier molecular flexibility index (Phi) is 17.2. The van der Waals surface area contributed by atoms with E-state index in [9.17, 15) is 14.4 Å². The number of hydrogen-bond acceptors (Lipinski definition) is 7. The van der Waals surface area contributed by atoms with Crippen molar-refractivity contribution in [3.63, 3.8) is 0 Å². The van der Waals surface area contributed by atoms with E-state index in [1.165, 1.54) is 6.92 Å². The number of Topliss-reactive ketones (excluding diaryl/α,β-unsaturated/α-hetero) is 2. The third kappa shape index (κ3) is 15.4. The van der Waals surface area contributed by atoms with Gasteiger partial charge in [-0.2, -0.15) is 0 Å². The van der Waals surface area contributed by atoms with Crippen LogP contribution in [0.3, 0.4) is 0 Å². The van der Waals surface area contributed by atoms with E-state index >= 15 is 0 Å². The SMILES string of the molecule is CC(C)CCOC(C)(C)CCN.CCC(C)(NC(CCC(=O)OCc1ccccc1)C(=O)C(C)C)C(C)=O. The Morgan fingerprint density at radius 3 is 2.08 bits per heavy atom. The number of ketones is 2. The van der Waals surface area contributed by atoms with Gasteiger partial charge in [0.1, 0.15) is 12.4 Å². The summed E-state index contributed by atoms with van der Waals surface area (Å²) in [6.45, 7) is 19.2. The van der Waals surface area contributed by atoms with E-state index in [1.54, 1.807) is 6.92 Å². The van der Waals surface area contributed by atoms with Crippen LogP contribution in [0.5, 0.6) is 0 Å². The number of carbonyl (C=O) groups is 3. The summed E-state index contributed by atoms with van der Waals surface area (Å²) < 4.78 is 11.0. The fourth-order valence-corrected chi connectivity index (χ4v) is 3.59. The third-order valence-electron chi connectivity index (χ3n) is 6.70. The van der Waals surface area contributed by atoms with Gasteiger partial charge in [-0.3, -0.25) is 19.7 Å². The van der Waals surface area contributed by atoms with Gasteiger partial charge in [-0.15, -0.1) is 0 Å². The highest BCUT2D eigenvalue weighted by atomic mass is 16.5. The zero-order valence-electron chi connectivity index (χ0n) is 25.4. The van der Waals surface area contributed by atoms with Crippen LogP contribution < -0.4 is 11.1 Å². The number of nitrogens with two attached hydrogens (primary N) is 1. The second-order valence-corrected chi connectivity index (χ2v) is 11.5. The van der Waals surface area contributed by atoms with Gasteiger partial charge < -0.3 is 15.2 Å². The fourth-order valence-electron chi connectivity index (χ4n) is 3.59. The first-order valence-electron chi connectivity index (χ1n) is 14.0. The molecule has 0 radical (unpaired) electrons. The van der Waals surface area contributed by atoms with Crippen LogP contribution in [0.2, 0.25) is 0 Å². The van der Waals surface area contributed by atoms with E-state index in [1.807, 2.05) is 51.1 Å². The van der Waals surface area contributed by atoms with E-state index in [0.29, 0.717) is 19.4 Å². The first-order chi connectivity index (χ1) is 17.7. The van der Waals surface area contributed by atoms with Crippen LogP contribution in [0.25, 0.3) is 0 Å². The monoisotopic (exact) mass is 534 g/mol. The van der Waals surface area contributed by atoms with Crippen molar-refractivity contribution < 1.29 is 23.9 Å². The molecule has 7 heteroatoms. The van der Waals surface area contributed by atoms with Gasteiger partial charge in [-0.1, -0.05) is 65.0 Å². The largest absolute Gasteiger partial charge is 0.461 e. The van der Waals surface area contributed by atoms with Crippen LogP contribution in [0.1, 0.15) is 100.0 Å². The second kappa shape index (κ2) is 18.2. The predicted octanol–water partition coefficient (Wildman–Crippen LogP) is 5.63. The number of rotatable bonds is 17. The first-order valence-corrected chi connectivity index (χ1v) is 14.0. The van der Waals surface area contributed by atoms with Crippen molar-refractivity contribution in [2.24, 2.45) is 17.6 Å². The lowest BCUT2D eigenvalue weighted by Gasteiger charge is -2.32. The number of ether oxygens (including phenoxy) is 2. The highest BCUT2D eigenvalue weighted by Gasteiger charge is 2.33. The molecule has 0 aliphatic carbocycles. The number of esters is 1. The van der Waals surface area contributed by atoms with Gasteiger partial charge >= 0.3 is 5.97 Å². The molecule has 0 aliphatic rings. The lowest BCUT2D eigenvalue weighted by molar-refractivity contribution is -0.145. The van der Waals surface area contributed by atoms with Gasteiger partial charge in [-0.05, 0) is 71.4 Å². The molecule has 38 heavy (non-hydrogen) atoms. The van der Waals surface area contributed by atoms with Crippen LogP contribution in [-0.4, -0.2) is 47.9 Å². The molecule has 218 valence electrons. The Balaban J connectivity index is 0.000000958. The smallest absolute Gasteiger partial charge is 0.306 e. The van der Waals surface area contributed by atoms with E-state index in [4.69, 9.17) is 15.2 Å². The molecule has 1 aromatic rings. The molecule has 1 aromatic carbocycles. The van der Waals surface area contributed by atoms with E-state index in [0.717, 1.165) is 30.9 Å². The second-order valence-electron chi connectivity index (χ2n) is 11.5. The molecule has 0 amide bonds. The van der Waals surface area contributed by atoms with Crippen LogP contribution in [0.4, 0.5) is 0 Å². The van der Waals surface area contributed by atoms with Crippen molar-refractivity contribution in [3.05, 3.63) is 35.9 Å². The minimum Gasteiger partial charge on any atom is -0.461 e. The van der Waals surface area contributed by atoms with Crippen LogP contribution in [0.15, 0.2) is 30.3 Å². The summed E-state index contributed by atoms with van der Waals surface area (Å²) in [6.07, 6.45) is 3.08. The maximum absolute atomic E-state index is 12.5. The third-order valence-corrected chi connectivity index (χ3v) is 6.70. The van der Waals surface area contributed by atoms with Crippen molar-refractivity contribution in [1.29, 1.82) is 0 Å². The van der Waals surface area contributed by atoms with Gasteiger partial charge in [-0.25, -0.2) is 0 Å². The molecule has 0 fully saturated rings. The predicted molar refractivity (Wildman–Crippen MR) is 155 cm³/mol. The highest BCUT2D eigenvalue weighted by molar-refractivity contribution is 5.89. The first kappa shape index (κ1) is 35.9. The molecule has 0 heterocycles. The van der Waals surface area contributed by atoms with Crippen LogP contribution in [-0.2, 0) is 30.5 Å². The quantitative estimate of drug-likeness (QED) is 0.249. The van der Waals surface area contributed by atoms with Crippen molar-refractivity contribution in [1.82, 2.24) is 5.32 Å². The molecule has 2 atom stereocenters. The van der Waals surface area contributed by atoms with Gasteiger partial charge in [0.25, 0.3) is 0 Å². The van der Waals surface area contributed by atoms with Gasteiger partial charge in [0.05, 0.1) is 17.2 Å². The van der Waals surface area contributed by atoms with E-state index < -0.39 is 11.6 Å². The van der Waals surface area contributed by atoms with Crippen LogP contribution >= 0.6 is 0 Å². The minimum atomic E-state index is -0.775. The Hall–Kier alpha value is -2.09. The van der Waals surface area contributed by atoms with Crippen molar-refractivity contribution in [2.45, 2.75) is 118 Å². The summed E-state index contributed by atoms with van der Waals surface area (Å²) in [5.74, 6) is 0.174. The molecule has 0 bridgehead atoms. The molecule has 1 rings (SSSR count). The molecule has 0 aliphatic heterocycles. The normalized spacial score (nSPS) is 13.9. The summed E-state index contributed by atoms with van der Waals surface area (Å²) in [5, 5.41) is 3.18. The summed E-state index contributed by atoms with van der Waals surface area (Å²) in [5.41, 5.74) is 5.57. The molecule has 0 aromatic heterocycles. The van der Waals surface area contributed by atoms with Crippen molar-refractivity contribution >= 4 is 17.5 Å². The van der Waals surface area contributed by atoms with Crippen molar-refractivity contribution in [3.8, 4) is 0 Å². The molecule has 2 unspecified atom stereocenters. The number of carbonyl (C=O) groups excluding carboxylic acids is 3. The molecular formula is C31H54N2O5. The van der Waals surface area contributed by atoms with E-state index in [2.05, 4.69) is 33.0 Å². The Morgan fingerprint density at radius 1 is 1.00 bits per heavy atom. The lowest BCUT2D eigenvalue weighted by Crippen LogP contribution is -2.55. The lowest BCUT2D eigenvalue weighted by atomic mass is 9.89. The standard InChI is InChI=1S/C21H31NO4.C10H23NO/c1-6-21(5,16(4)23)22-18(20(25)15(2)3)12-13-19(24)26-14-17-10-8-7-9-11-17;1-9(2)5-8-12-10(3,4)6-7-11/h7-11,15,18,22H,6,12-14H2,1-5H3;9H,5-8,11H2,1-4H3. The molecular weight excluding hydrogens is 480 g/mol. The average Bonchev–Trinajstić information content (AvgIpc) is 2.85. The fraction of sp³-hybridized carbons (Fsp3) is 0.710. The topological polar surface area (TPSA) is 108 Å². The average molecular weight is 535 g/mol. The van der Waals surface area contributed by atoms with Crippen molar-refractivity contribution in [2.75, 3.05) is 13.2 Å². The van der Waals surface area contributed by atoms with Crippen LogP contribution in [0, 0.1) is 11.8 Å². The Bertz CT molecular complexity index is 823. The summed E-state index contributed by atoms with van der Waals surface area (Å²) in [7, 11) is 0. The molecule has 7 nitrogen and oxygen atoms in total. The number of benzene rings is 1. The molecule has 0 saturated heterocycles. The zero-order valence-corrected chi connectivity index (χ0v) is 25.4. The van der Waals surface area contributed by atoms with Gasteiger partial charge in [0.2, 0.25) is 0 Å².